The number of methoxy groups -OCH3 is 1. The lowest BCUT2D eigenvalue weighted by Gasteiger charge is -2.08. The molecule has 0 spiro atoms. The maximum Gasteiger partial charge on any atom is 0.337 e. The third-order valence-corrected chi connectivity index (χ3v) is 2.28. The molecule has 0 heterocycles. The van der Waals surface area contributed by atoms with E-state index in [0.717, 1.165) is 12.8 Å². The molecule has 0 aliphatic rings. The molecule has 0 unspecified atom stereocenters. The third-order valence-electron chi connectivity index (χ3n) is 2.28. The normalized spacial score (nSPS) is 9.47. The zero-order chi connectivity index (χ0) is 12.7. The van der Waals surface area contributed by atoms with Crippen LogP contribution >= 0.6 is 0 Å². The van der Waals surface area contributed by atoms with Crippen molar-refractivity contribution in [2.24, 2.45) is 0 Å². The number of carbonyl (C=O) groups is 1. The van der Waals surface area contributed by atoms with E-state index in [1.54, 1.807) is 12.1 Å². The Hall–Kier alpha value is -2.02. The zero-order valence-corrected chi connectivity index (χ0v) is 10.0. The van der Waals surface area contributed by atoms with Crippen molar-refractivity contribution in [3.63, 3.8) is 0 Å². The molecule has 90 valence electrons. The molecule has 0 bridgehead atoms. The predicted molar refractivity (Wildman–Crippen MR) is 62.9 cm³/mol. The maximum absolute atomic E-state index is 11.3. The third kappa shape index (κ3) is 3.49. The first-order valence-electron chi connectivity index (χ1n) is 5.48. The number of ether oxygens (including phenoxy) is 2. The maximum atomic E-state index is 11.3. The minimum atomic E-state index is -0.457. The van der Waals surface area contributed by atoms with E-state index in [0.29, 0.717) is 23.5 Å². The van der Waals surface area contributed by atoms with Crippen LogP contribution in [0.1, 0.15) is 35.7 Å². The smallest absolute Gasteiger partial charge is 0.337 e. The van der Waals surface area contributed by atoms with Gasteiger partial charge in [-0.1, -0.05) is 13.3 Å². The van der Waals surface area contributed by atoms with Crippen LogP contribution in [0, 0.1) is 11.3 Å². The average Bonchev–Trinajstić information content (AvgIpc) is 2.38. The van der Waals surface area contributed by atoms with Gasteiger partial charge in [-0.25, -0.2) is 4.79 Å². The first kappa shape index (κ1) is 13.0. The molecule has 1 rings (SSSR count). The Labute approximate surface area is 101 Å². The van der Waals surface area contributed by atoms with Gasteiger partial charge in [0, 0.05) is 0 Å². The predicted octanol–water partition coefficient (Wildman–Crippen LogP) is 2.52. The van der Waals surface area contributed by atoms with Crippen molar-refractivity contribution < 1.29 is 14.3 Å². The van der Waals surface area contributed by atoms with Gasteiger partial charge in [0.05, 0.1) is 24.8 Å². The quantitative estimate of drug-likeness (QED) is 0.579. The first-order chi connectivity index (χ1) is 8.22. The summed E-state index contributed by atoms with van der Waals surface area (Å²) in [6, 6.07) is 6.71. The highest BCUT2D eigenvalue weighted by Crippen LogP contribution is 2.20. The molecule has 0 atom stereocenters. The van der Waals surface area contributed by atoms with Crippen molar-refractivity contribution in [3.05, 3.63) is 29.3 Å². The minimum absolute atomic E-state index is 0.351. The molecule has 0 amide bonds. The van der Waals surface area contributed by atoms with Crippen LogP contribution in [-0.2, 0) is 4.74 Å². The Balaban J connectivity index is 2.87. The molecule has 0 aliphatic carbocycles. The standard InChI is InChI=1S/C13H15NO3/c1-3-4-7-17-12-6-5-10(13(15)16-2)8-11(12)9-14/h5-6,8H,3-4,7H2,1-2H3. The molecule has 4 nitrogen and oxygen atoms in total. The van der Waals surface area contributed by atoms with Gasteiger partial charge in [-0.15, -0.1) is 0 Å². The topological polar surface area (TPSA) is 59.3 Å². The molecule has 0 fully saturated rings. The van der Waals surface area contributed by atoms with Crippen molar-refractivity contribution in [3.8, 4) is 11.8 Å². The molecule has 17 heavy (non-hydrogen) atoms. The second-order valence-corrected chi connectivity index (χ2v) is 3.52. The molecule has 0 aromatic heterocycles. The van der Waals surface area contributed by atoms with Crippen molar-refractivity contribution >= 4 is 5.97 Å². The van der Waals surface area contributed by atoms with Gasteiger partial charge in [-0.05, 0) is 24.6 Å². The van der Waals surface area contributed by atoms with Crippen LogP contribution in [-0.4, -0.2) is 19.7 Å². The van der Waals surface area contributed by atoms with Crippen LogP contribution in [0.4, 0.5) is 0 Å². The lowest BCUT2D eigenvalue weighted by Crippen LogP contribution is -2.03. The van der Waals surface area contributed by atoms with Gasteiger partial charge in [0.1, 0.15) is 11.8 Å². The van der Waals surface area contributed by atoms with E-state index >= 15 is 0 Å². The highest BCUT2D eigenvalue weighted by molar-refractivity contribution is 5.90. The number of esters is 1. The SMILES string of the molecule is CCCCOc1ccc(C(=O)OC)cc1C#N. The van der Waals surface area contributed by atoms with E-state index in [2.05, 4.69) is 11.7 Å². The molecule has 0 aliphatic heterocycles. The fraction of sp³-hybridized carbons (Fsp3) is 0.385. The summed E-state index contributed by atoms with van der Waals surface area (Å²) in [5.41, 5.74) is 0.705. The molecule has 0 N–H and O–H groups in total. The lowest BCUT2D eigenvalue weighted by atomic mass is 10.1. The Kier molecular flexibility index (Phi) is 5.02. The molecule has 1 aromatic carbocycles. The summed E-state index contributed by atoms with van der Waals surface area (Å²) in [5, 5.41) is 8.97. The summed E-state index contributed by atoms with van der Waals surface area (Å²) in [6.45, 7) is 2.64. The molecule has 0 saturated carbocycles. The van der Waals surface area contributed by atoms with Crippen LogP contribution in [0.25, 0.3) is 0 Å². The van der Waals surface area contributed by atoms with Crippen LogP contribution < -0.4 is 4.74 Å². The van der Waals surface area contributed by atoms with E-state index in [4.69, 9.17) is 10.00 Å². The Bertz CT molecular complexity index is 435. The van der Waals surface area contributed by atoms with Crippen LogP contribution in [0.3, 0.4) is 0 Å². The number of nitriles is 1. The Morgan fingerprint density at radius 1 is 1.47 bits per heavy atom. The van der Waals surface area contributed by atoms with Gasteiger partial charge in [0.15, 0.2) is 0 Å². The second kappa shape index (κ2) is 6.54. The zero-order valence-electron chi connectivity index (χ0n) is 10.0. The van der Waals surface area contributed by atoms with Gasteiger partial charge in [-0.2, -0.15) is 5.26 Å². The number of hydrogen-bond acceptors (Lipinski definition) is 4. The first-order valence-corrected chi connectivity index (χ1v) is 5.48. The van der Waals surface area contributed by atoms with Gasteiger partial charge >= 0.3 is 5.97 Å². The van der Waals surface area contributed by atoms with Crippen LogP contribution in [0.2, 0.25) is 0 Å². The van der Waals surface area contributed by atoms with Crippen molar-refractivity contribution in [2.45, 2.75) is 19.8 Å². The molecule has 1 aromatic rings. The summed E-state index contributed by atoms with van der Waals surface area (Å²) >= 11 is 0. The lowest BCUT2D eigenvalue weighted by molar-refractivity contribution is 0.0600. The number of hydrogen-bond donors (Lipinski definition) is 0. The average molecular weight is 233 g/mol. The number of rotatable bonds is 5. The van der Waals surface area contributed by atoms with Gasteiger partial charge < -0.3 is 9.47 Å². The number of benzene rings is 1. The number of unbranched alkanes of at least 4 members (excludes halogenated alkanes) is 1. The highest BCUT2D eigenvalue weighted by Gasteiger charge is 2.10. The molecule has 4 heteroatoms. The number of nitrogens with zero attached hydrogens (tertiary/aromatic N) is 1. The van der Waals surface area contributed by atoms with E-state index in [1.807, 2.05) is 6.07 Å². The molecular weight excluding hydrogens is 218 g/mol. The fourth-order valence-corrected chi connectivity index (χ4v) is 1.31. The minimum Gasteiger partial charge on any atom is -0.492 e. The fourth-order valence-electron chi connectivity index (χ4n) is 1.31. The Morgan fingerprint density at radius 3 is 2.82 bits per heavy atom. The van der Waals surface area contributed by atoms with E-state index in [1.165, 1.54) is 13.2 Å². The summed E-state index contributed by atoms with van der Waals surface area (Å²) in [7, 11) is 1.31. The monoisotopic (exact) mass is 233 g/mol. The van der Waals surface area contributed by atoms with E-state index in [-0.39, 0.29) is 0 Å². The Morgan fingerprint density at radius 2 is 2.24 bits per heavy atom. The van der Waals surface area contributed by atoms with Crippen molar-refractivity contribution in [2.75, 3.05) is 13.7 Å². The summed E-state index contributed by atoms with van der Waals surface area (Å²) in [6.07, 6.45) is 1.96. The summed E-state index contributed by atoms with van der Waals surface area (Å²) < 4.78 is 10.0. The summed E-state index contributed by atoms with van der Waals surface area (Å²) in [5.74, 6) is 0.0511. The summed E-state index contributed by atoms with van der Waals surface area (Å²) in [4.78, 5) is 11.3. The van der Waals surface area contributed by atoms with Crippen molar-refractivity contribution in [1.29, 1.82) is 5.26 Å². The highest BCUT2D eigenvalue weighted by atomic mass is 16.5. The second-order valence-electron chi connectivity index (χ2n) is 3.52. The van der Waals surface area contributed by atoms with E-state index in [9.17, 15) is 4.79 Å². The van der Waals surface area contributed by atoms with Gasteiger partial charge in [0.2, 0.25) is 0 Å². The van der Waals surface area contributed by atoms with Gasteiger partial charge in [-0.3, -0.25) is 0 Å². The van der Waals surface area contributed by atoms with Crippen molar-refractivity contribution in [1.82, 2.24) is 0 Å². The molecule has 0 radical (unpaired) electrons. The largest absolute Gasteiger partial charge is 0.492 e. The van der Waals surface area contributed by atoms with Crippen LogP contribution in [0.15, 0.2) is 18.2 Å². The van der Waals surface area contributed by atoms with E-state index < -0.39 is 5.97 Å². The molecule has 0 saturated heterocycles. The number of carbonyl (C=O) groups excluding carboxylic acids is 1. The molecular formula is C13H15NO3. The van der Waals surface area contributed by atoms with Crippen LogP contribution in [0.5, 0.6) is 5.75 Å². The van der Waals surface area contributed by atoms with Gasteiger partial charge in [0.25, 0.3) is 0 Å².